The molecule has 2 N–H and O–H groups in total. The van der Waals surface area contributed by atoms with E-state index in [9.17, 15) is 0 Å². The van der Waals surface area contributed by atoms with Crippen LogP contribution in [0.4, 0.5) is 0 Å². The molecular formula is C14H29N3. The molecule has 1 aliphatic rings. The molecule has 0 bridgehead atoms. The molecule has 1 rings (SSSR count). The molecule has 0 unspecified atom stereocenters. The van der Waals surface area contributed by atoms with Crippen LogP contribution in [0.5, 0.6) is 0 Å². The molecule has 0 spiro atoms. The van der Waals surface area contributed by atoms with Crippen LogP contribution in [0.15, 0.2) is 4.99 Å². The maximum Gasteiger partial charge on any atom is 0.191 e. The van der Waals surface area contributed by atoms with Gasteiger partial charge < -0.3 is 10.6 Å². The molecule has 0 amide bonds. The fraction of sp³-hybridized carbons (Fsp3) is 0.929. The van der Waals surface area contributed by atoms with Crippen LogP contribution in [0.2, 0.25) is 0 Å². The molecule has 3 nitrogen and oxygen atoms in total. The van der Waals surface area contributed by atoms with Crippen LogP contribution in [0.3, 0.4) is 0 Å². The van der Waals surface area contributed by atoms with Gasteiger partial charge in [-0.1, -0.05) is 13.8 Å². The summed E-state index contributed by atoms with van der Waals surface area (Å²) in [5, 5.41) is 0. The van der Waals surface area contributed by atoms with Crippen molar-refractivity contribution in [1.29, 1.82) is 0 Å². The van der Waals surface area contributed by atoms with Crippen LogP contribution in [-0.4, -0.2) is 30.5 Å². The molecule has 0 heterocycles. The summed E-state index contributed by atoms with van der Waals surface area (Å²) in [6, 6.07) is 0. The molecule has 0 aromatic rings. The largest absolute Gasteiger partial charge is 0.370 e. The van der Waals surface area contributed by atoms with Crippen molar-refractivity contribution in [3.63, 3.8) is 0 Å². The highest BCUT2D eigenvalue weighted by Crippen LogP contribution is 2.37. The Hall–Kier alpha value is -0.730. The van der Waals surface area contributed by atoms with Gasteiger partial charge in [-0.2, -0.15) is 0 Å². The van der Waals surface area contributed by atoms with Gasteiger partial charge in [0.2, 0.25) is 0 Å². The Kier molecular flexibility index (Phi) is 5.29. The number of nitrogens with zero attached hydrogens (tertiary/aromatic N) is 2. The summed E-state index contributed by atoms with van der Waals surface area (Å²) in [4.78, 5) is 6.68. The van der Waals surface area contributed by atoms with Crippen molar-refractivity contribution < 1.29 is 0 Å². The van der Waals surface area contributed by atoms with E-state index in [1.807, 2.05) is 0 Å². The van der Waals surface area contributed by atoms with E-state index in [2.05, 4.69) is 37.6 Å². The second-order valence-electron chi connectivity index (χ2n) is 5.98. The van der Waals surface area contributed by atoms with E-state index < -0.39 is 0 Å². The summed E-state index contributed by atoms with van der Waals surface area (Å²) in [5.74, 6) is 1.47. The molecule has 1 fully saturated rings. The zero-order valence-electron chi connectivity index (χ0n) is 12.0. The molecule has 3 heteroatoms. The Morgan fingerprint density at radius 2 is 1.76 bits per heavy atom. The van der Waals surface area contributed by atoms with Gasteiger partial charge in [-0.15, -0.1) is 0 Å². The van der Waals surface area contributed by atoms with E-state index in [1.165, 1.54) is 25.7 Å². The second kappa shape index (κ2) is 6.27. The normalized spacial score (nSPS) is 21.5. The SMILES string of the molecule is CCN(CC)C(N)=NCC1CCC(C)(C)CC1. The molecule has 17 heavy (non-hydrogen) atoms. The van der Waals surface area contributed by atoms with Gasteiger partial charge >= 0.3 is 0 Å². The molecule has 0 aromatic carbocycles. The van der Waals surface area contributed by atoms with Crippen LogP contribution in [-0.2, 0) is 0 Å². The Labute approximate surface area is 106 Å². The maximum absolute atomic E-state index is 5.99. The molecule has 1 aliphatic carbocycles. The minimum absolute atomic E-state index is 0.546. The van der Waals surface area contributed by atoms with Crippen molar-refractivity contribution >= 4 is 5.96 Å². The highest BCUT2D eigenvalue weighted by Gasteiger charge is 2.26. The third-order valence-corrected chi connectivity index (χ3v) is 4.06. The van der Waals surface area contributed by atoms with Gasteiger partial charge in [-0.05, 0) is 50.9 Å². The van der Waals surface area contributed by atoms with E-state index in [4.69, 9.17) is 5.73 Å². The Morgan fingerprint density at radius 1 is 1.24 bits per heavy atom. The Bertz CT molecular complexity index is 244. The first-order chi connectivity index (χ1) is 7.98. The van der Waals surface area contributed by atoms with Crippen LogP contribution < -0.4 is 5.73 Å². The van der Waals surface area contributed by atoms with Crippen LogP contribution in [0.1, 0.15) is 53.4 Å². The van der Waals surface area contributed by atoms with Crippen molar-refractivity contribution in [3.8, 4) is 0 Å². The molecular weight excluding hydrogens is 210 g/mol. The highest BCUT2D eigenvalue weighted by molar-refractivity contribution is 5.77. The molecule has 100 valence electrons. The number of nitrogens with two attached hydrogens (primary N) is 1. The minimum Gasteiger partial charge on any atom is -0.370 e. The molecule has 0 aromatic heterocycles. The highest BCUT2D eigenvalue weighted by atomic mass is 15.2. The summed E-state index contributed by atoms with van der Waals surface area (Å²) >= 11 is 0. The smallest absolute Gasteiger partial charge is 0.191 e. The minimum atomic E-state index is 0.546. The topological polar surface area (TPSA) is 41.6 Å². The van der Waals surface area contributed by atoms with Crippen molar-refractivity contribution in [3.05, 3.63) is 0 Å². The lowest BCUT2D eigenvalue weighted by Gasteiger charge is -2.33. The standard InChI is InChI=1S/C14H29N3/c1-5-17(6-2)13(15)16-11-12-7-9-14(3,4)10-8-12/h12H,5-11H2,1-4H3,(H2,15,16). The summed E-state index contributed by atoms with van der Waals surface area (Å²) in [5.41, 5.74) is 6.53. The predicted molar refractivity (Wildman–Crippen MR) is 75.1 cm³/mol. The summed E-state index contributed by atoms with van der Waals surface area (Å²) < 4.78 is 0. The van der Waals surface area contributed by atoms with Crippen LogP contribution in [0, 0.1) is 11.3 Å². The predicted octanol–water partition coefficient (Wildman–Crippen LogP) is 2.86. The maximum atomic E-state index is 5.99. The zero-order valence-corrected chi connectivity index (χ0v) is 12.0. The first-order valence-electron chi connectivity index (χ1n) is 7.03. The van der Waals surface area contributed by atoms with E-state index in [0.717, 1.165) is 31.5 Å². The Morgan fingerprint density at radius 3 is 2.24 bits per heavy atom. The van der Waals surface area contributed by atoms with E-state index in [1.54, 1.807) is 0 Å². The van der Waals surface area contributed by atoms with Crippen LogP contribution in [0.25, 0.3) is 0 Å². The van der Waals surface area contributed by atoms with Gasteiger partial charge in [0.25, 0.3) is 0 Å². The fourth-order valence-corrected chi connectivity index (χ4v) is 2.51. The Balaban J connectivity index is 2.38. The summed E-state index contributed by atoms with van der Waals surface area (Å²) in [6.45, 7) is 11.8. The third kappa shape index (κ3) is 4.57. The van der Waals surface area contributed by atoms with Gasteiger partial charge in [0.05, 0.1) is 0 Å². The molecule has 0 saturated heterocycles. The van der Waals surface area contributed by atoms with Crippen molar-refractivity contribution in [2.45, 2.75) is 53.4 Å². The average molecular weight is 239 g/mol. The molecule has 0 atom stereocenters. The van der Waals surface area contributed by atoms with E-state index in [-0.39, 0.29) is 0 Å². The number of hydrogen-bond acceptors (Lipinski definition) is 1. The number of aliphatic imine (C=N–C) groups is 1. The van der Waals surface area contributed by atoms with Crippen LogP contribution >= 0.6 is 0 Å². The second-order valence-corrected chi connectivity index (χ2v) is 5.98. The lowest BCUT2D eigenvalue weighted by molar-refractivity contribution is 0.195. The fourth-order valence-electron chi connectivity index (χ4n) is 2.51. The molecule has 0 aliphatic heterocycles. The van der Waals surface area contributed by atoms with Gasteiger partial charge in [0.15, 0.2) is 5.96 Å². The van der Waals surface area contributed by atoms with E-state index >= 15 is 0 Å². The van der Waals surface area contributed by atoms with E-state index in [0.29, 0.717) is 5.41 Å². The van der Waals surface area contributed by atoms with Gasteiger partial charge in [0, 0.05) is 19.6 Å². The van der Waals surface area contributed by atoms with Crippen molar-refractivity contribution in [2.75, 3.05) is 19.6 Å². The zero-order chi connectivity index (χ0) is 12.9. The third-order valence-electron chi connectivity index (χ3n) is 4.06. The summed E-state index contributed by atoms with van der Waals surface area (Å²) in [6.07, 6.45) is 5.28. The van der Waals surface area contributed by atoms with Gasteiger partial charge in [-0.25, -0.2) is 0 Å². The molecule has 1 saturated carbocycles. The lowest BCUT2D eigenvalue weighted by atomic mass is 9.73. The average Bonchev–Trinajstić information content (AvgIpc) is 2.29. The lowest BCUT2D eigenvalue weighted by Crippen LogP contribution is -2.37. The monoisotopic (exact) mass is 239 g/mol. The van der Waals surface area contributed by atoms with Gasteiger partial charge in [0.1, 0.15) is 0 Å². The summed E-state index contributed by atoms with van der Waals surface area (Å²) in [7, 11) is 0. The van der Waals surface area contributed by atoms with Crippen molar-refractivity contribution in [2.24, 2.45) is 22.1 Å². The molecule has 0 radical (unpaired) electrons. The number of guanidine groups is 1. The van der Waals surface area contributed by atoms with Crippen molar-refractivity contribution in [1.82, 2.24) is 4.90 Å². The first-order valence-corrected chi connectivity index (χ1v) is 7.03. The van der Waals surface area contributed by atoms with Gasteiger partial charge in [-0.3, -0.25) is 4.99 Å². The first kappa shape index (κ1) is 14.3. The number of rotatable bonds is 4. The number of hydrogen-bond donors (Lipinski definition) is 1. The quantitative estimate of drug-likeness (QED) is 0.605.